The van der Waals surface area contributed by atoms with Gasteiger partial charge in [-0.1, -0.05) is 6.92 Å². The van der Waals surface area contributed by atoms with E-state index in [-0.39, 0.29) is 11.8 Å². The summed E-state index contributed by atoms with van der Waals surface area (Å²) in [6.45, 7) is 2.30. The minimum Gasteiger partial charge on any atom is -0.496 e. The Morgan fingerprint density at radius 2 is 2.14 bits per heavy atom. The fraction of sp³-hybridized carbons (Fsp3) is 0.467. The van der Waals surface area contributed by atoms with E-state index in [1.165, 1.54) is 12.0 Å². The summed E-state index contributed by atoms with van der Waals surface area (Å²) in [7, 11) is 1.46. The van der Waals surface area contributed by atoms with Gasteiger partial charge in [-0.3, -0.25) is 4.79 Å². The molecule has 1 amide bonds. The number of methoxy groups -OCH3 is 1. The van der Waals surface area contributed by atoms with E-state index in [0.29, 0.717) is 23.5 Å². The maximum Gasteiger partial charge on any atom is 0.326 e. The van der Waals surface area contributed by atoms with Crippen LogP contribution in [0.15, 0.2) is 18.2 Å². The highest BCUT2D eigenvalue weighted by Gasteiger charge is 2.38. The Hall–Kier alpha value is -2.24. The van der Waals surface area contributed by atoms with Crippen LogP contribution in [0.5, 0.6) is 5.75 Å². The molecule has 6 nitrogen and oxygen atoms in total. The lowest BCUT2D eigenvalue weighted by atomic mass is 9.90. The first-order chi connectivity index (χ1) is 9.95. The molecule has 6 heteroatoms. The molecule has 2 atom stereocenters. The zero-order valence-corrected chi connectivity index (χ0v) is 12.2. The van der Waals surface area contributed by atoms with E-state index in [2.05, 4.69) is 0 Å². The average Bonchev–Trinajstić information content (AvgIpc) is 2.45. The quantitative estimate of drug-likeness (QED) is 0.825. The number of hydrogen-bond acceptors (Lipinski definition) is 4. The highest BCUT2D eigenvalue weighted by Crippen LogP contribution is 2.29. The Balaban J connectivity index is 2.36. The molecule has 1 saturated heterocycles. The van der Waals surface area contributed by atoms with Crippen LogP contribution in [0.4, 0.5) is 5.69 Å². The number of amides is 1. The molecule has 1 aliphatic rings. The summed E-state index contributed by atoms with van der Waals surface area (Å²) in [5, 5.41) is 9.40. The number of ether oxygens (including phenoxy) is 1. The van der Waals surface area contributed by atoms with Crippen molar-refractivity contribution >= 4 is 17.6 Å². The van der Waals surface area contributed by atoms with Gasteiger partial charge < -0.3 is 20.5 Å². The van der Waals surface area contributed by atoms with E-state index in [1.54, 1.807) is 18.2 Å². The SMILES string of the molecule is COc1cc(N)ccc1C(=O)N1CCCC(C)C1C(=O)O. The monoisotopic (exact) mass is 292 g/mol. The Labute approximate surface area is 123 Å². The molecule has 21 heavy (non-hydrogen) atoms. The molecule has 0 aliphatic carbocycles. The third-order valence-corrected chi connectivity index (χ3v) is 3.90. The molecular weight excluding hydrogens is 272 g/mol. The van der Waals surface area contributed by atoms with Gasteiger partial charge >= 0.3 is 5.97 Å². The maximum atomic E-state index is 12.7. The van der Waals surface area contributed by atoms with Crippen LogP contribution in [-0.2, 0) is 4.79 Å². The van der Waals surface area contributed by atoms with E-state index in [9.17, 15) is 14.7 Å². The summed E-state index contributed by atoms with van der Waals surface area (Å²) in [4.78, 5) is 25.6. The van der Waals surface area contributed by atoms with Crippen LogP contribution in [-0.4, -0.2) is 41.6 Å². The second-order valence-corrected chi connectivity index (χ2v) is 5.36. The molecule has 1 aliphatic heterocycles. The third-order valence-electron chi connectivity index (χ3n) is 3.90. The van der Waals surface area contributed by atoms with Crippen molar-refractivity contribution in [3.63, 3.8) is 0 Å². The number of carbonyl (C=O) groups excluding carboxylic acids is 1. The van der Waals surface area contributed by atoms with Crippen LogP contribution < -0.4 is 10.5 Å². The van der Waals surface area contributed by atoms with Gasteiger partial charge in [0.1, 0.15) is 11.8 Å². The lowest BCUT2D eigenvalue weighted by Gasteiger charge is -2.37. The number of nitrogen functional groups attached to an aromatic ring is 1. The van der Waals surface area contributed by atoms with E-state index in [4.69, 9.17) is 10.5 Å². The first-order valence-corrected chi connectivity index (χ1v) is 6.93. The molecule has 2 unspecified atom stereocenters. The second kappa shape index (κ2) is 6.03. The zero-order chi connectivity index (χ0) is 15.6. The fourth-order valence-corrected chi connectivity index (χ4v) is 2.83. The standard InChI is InChI=1S/C15H20N2O4/c1-9-4-3-7-17(13(9)15(19)20)14(18)11-6-5-10(16)8-12(11)21-2/h5-6,8-9,13H,3-4,7,16H2,1-2H3,(H,19,20). The number of benzene rings is 1. The van der Waals surface area contributed by atoms with Gasteiger partial charge in [-0.15, -0.1) is 0 Å². The number of aliphatic carboxylic acids is 1. The lowest BCUT2D eigenvalue weighted by molar-refractivity contribution is -0.145. The van der Waals surface area contributed by atoms with Crippen molar-refractivity contribution in [3.05, 3.63) is 23.8 Å². The van der Waals surface area contributed by atoms with Gasteiger partial charge in [0.15, 0.2) is 0 Å². The summed E-state index contributed by atoms with van der Waals surface area (Å²) >= 11 is 0. The minimum atomic E-state index is -0.968. The summed E-state index contributed by atoms with van der Waals surface area (Å²) in [5.74, 6) is -1.00. The van der Waals surface area contributed by atoms with Gasteiger partial charge in [-0.25, -0.2) is 4.79 Å². The van der Waals surface area contributed by atoms with Gasteiger partial charge in [0.25, 0.3) is 5.91 Å². The van der Waals surface area contributed by atoms with Crippen molar-refractivity contribution < 1.29 is 19.4 Å². The smallest absolute Gasteiger partial charge is 0.326 e. The number of carboxylic acids is 1. The number of likely N-dealkylation sites (tertiary alicyclic amines) is 1. The van der Waals surface area contributed by atoms with Crippen molar-refractivity contribution in [2.24, 2.45) is 5.92 Å². The second-order valence-electron chi connectivity index (χ2n) is 5.36. The molecule has 3 N–H and O–H groups in total. The Kier molecular flexibility index (Phi) is 4.35. The van der Waals surface area contributed by atoms with Crippen LogP contribution >= 0.6 is 0 Å². The molecule has 1 aromatic carbocycles. The normalized spacial score (nSPS) is 21.9. The van der Waals surface area contributed by atoms with Crippen molar-refractivity contribution in [3.8, 4) is 5.75 Å². The summed E-state index contributed by atoms with van der Waals surface area (Å²) in [6.07, 6.45) is 1.60. The van der Waals surface area contributed by atoms with Crippen LogP contribution in [0.25, 0.3) is 0 Å². The highest BCUT2D eigenvalue weighted by molar-refractivity contribution is 5.99. The molecule has 2 rings (SSSR count). The Bertz CT molecular complexity index is 559. The molecule has 0 aromatic heterocycles. The average molecular weight is 292 g/mol. The predicted molar refractivity (Wildman–Crippen MR) is 78.3 cm³/mol. The Morgan fingerprint density at radius 1 is 1.43 bits per heavy atom. The fourth-order valence-electron chi connectivity index (χ4n) is 2.83. The summed E-state index contributed by atoms with van der Waals surface area (Å²) < 4.78 is 5.19. The first kappa shape index (κ1) is 15.2. The van der Waals surface area contributed by atoms with Crippen LogP contribution in [0.3, 0.4) is 0 Å². The molecule has 0 bridgehead atoms. The molecule has 1 heterocycles. The van der Waals surface area contributed by atoms with Crippen molar-refractivity contribution in [2.75, 3.05) is 19.4 Å². The maximum absolute atomic E-state index is 12.7. The third kappa shape index (κ3) is 2.94. The number of anilines is 1. The molecule has 114 valence electrons. The molecule has 0 saturated carbocycles. The number of nitrogens with zero attached hydrogens (tertiary/aromatic N) is 1. The zero-order valence-electron chi connectivity index (χ0n) is 12.2. The number of rotatable bonds is 3. The molecule has 0 spiro atoms. The highest BCUT2D eigenvalue weighted by atomic mass is 16.5. The van der Waals surface area contributed by atoms with E-state index >= 15 is 0 Å². The topological polar surface area (TPSA) is 92.9 Å². The van der Waals surface area contributed by atoms with Crippen molar-refractivity contribution in [2.45, 2.75) is 25.8 Å². The number of hydrogen-bond donors (Lipinski definition) is 2. The molecule has 1 aromatic rings. The van der Waals surface area contributed by atoms with Gasteiger partial charge in [0.2, 0.25) is 0 Å². The number of piperidine rings is 1. The largest absolute Gasteiger partial charge is 0.496 e. The van der Waals surface area contributed by atoms with Gasteiger partial charge in [-0.05, 0) is 30.9 Å². The van der Waals surface area contributed by atoms with Crippen LogP contribution in [0, 0.1) is 5.92 Å². The van der Waals surface area contributed by atoms with Crippen molar-refractivity contribution in [1.29, 1.82) is 0 Å². The van der Waals surface area contributed by atoms with E-state index < -0.39 is 12.0 Å². The lowest BCUT2D eigenvalue weighted by Crippen LogP contribution is -2.52. The molecule has 1 fully saturated rings. The number of carboxylic acid groups (broad SMARTS) is 1. The molecule has 0 radical (unpaired) electrons. The predicted octanol–water partition coefficient (Wildman–Crippen LogP) is 1.60. The van der Waals surface area contributed by atoms with Gasteiger partial charge in [0.05, 0.1) is 12.7 Å². The Morgan fingerprint density at radius 3 is 2.76 bits per heavy atom. The van der Waals surface area contributed by atoms with Gasteiger partial charge in [0, 0.05) is 18.3 Å². The van der Waals surface area contributed by atoms with Crippen LogP contribution in [0.1, 0.15) is 30.1 Å². The molecular formula is C15H20N2O4. The van der Waals surface area contributed by atoms with Crippen LogP contribution in [0.2, 0.25) is 0 Å². The van der Waals surface area contributed by atoms with Gasteiger partial charge in [-0.2, -0.15) is 0 Å². The minimum absolute atomic E-state index is 0.0695. The number of carbonyl (C=O) groups is 2. The van der Waals surface area contributed by atoms with Crippen molar-refractivity contribution in [1.82, 2.24) is 4.90 Å². The first-order valence-electron chi connectivity index (χ1n) is 6.93. The summed E-state index contributed by atoms with van der Waals surface area (Å²) in [5.41, 5.74) is 6.51. The van der Waals surface area contributed by atoms with E-state index in [1.807, 2.05) is 6.92 Å². The van der Waals surface area contributed by atoms with E-state index in [0.717, 1.165) is 12.8 Å². The number of nitrogens with two attached hydrogens (primary N) is 1. The summed E-state index contributed by atoms with van der Waals surface area (Å²) in [6, 6.07) is 3.96.